The van der Waals surface area contributed by atoms with E-state index < -0.39 is 0 Å². The molecule has 1 amide bonds. The van der Waals surface area contributed by atoms with Crippen molar-refractivity contribution < 1.29 is 14.7 Å². The van der Waals surface area contributed by atoms with Crippen LogP contribution < -0.4 is 11.1 Å². The van der Waals surface area contributed by atoms with Crippen molar-refractivity contribution in [3.05, 3.63) is 120 Å². The summed E-state index contributed by atoms with van der Waals surface area (Å²) >= 11 is 0. The largest absolute Gasteiger partial charge is 0.507 e. The number of phenols is 1. The van der Waals surface area contributed by atoms with Gasteiger partial charge in [-0.3, -0.25) is 14.2 Å². The van der Waals surface area contributed by atoms with Gasteiger partial charge in [-0.05, 0) is 67.1 Å². The summed E-state index contributed by atoms with van der Waals surface area (Å²) in [5, 5.41) is 12.7. The maximum absolute atomic E-state index is 12.8. The second-order valence-corrected chi connectivity index (χ2v) is 9.79. The summed E-state index contributed by atoms with van der Waals surface area (Å²) in [7, 11) is 0. The van der Waals surface area contributed by atoms with Gasteiger partial charge in [0.25, 0.3) is 5.91 Å². The number of carbonyl (C=O) groups excluding carboxylic acids is 2. The molecular weight excluding hydrogens is 528 g/mol. The zero-order valence-corrected chi connectivity index (χ0v) is 22.6. The Morgan fingerprint density at radius 2 is 1.74 bits per heavy atom. The van der Waals surface area contributed by atoms with E-state index in [1.54, 1.807) is 6.20 Å². The normalized spacial score (nSPS) is 11.7. The molecule has 1 atom stereocenters. The van der Waals surface area contributed by atoms with Crippen molar-refractivity contribution in [1.29, 1.82) is 0 Å². The highest BCUT2D eigenvalue weighted by molar-refractivity contribution is 5.96. The molecule has 206 valence electrons. The van der Waals surface area contributed by atoms with Crippen LogP contribution in [-0.2, 0) is 0 Å². The number of hydrogen-bond acceptors (Lipinski definition) is 7. The number of nitrogens with one attached hydrogen (secondary N) is 1. The highest BCUT2D eigenvalue weighted by Gasteiger charge is 2.19. The van der Waals surface area contributed by atoms with E-state index in [2.05, 4.69) is 10.3 Å². The fourth-order valence-corrected chi connectivity index (χ4v) is 4.82. The van der Waals surface area contributed by atoms with Gasteiger partial charge in [0.1, 0.15) is 17.1 Å². The van der Waals surface area contributed by atoms with Gasteiger partial charge in [-0.2, -0.15) is 0 Å². The number of benzene rings is 3. The lowest BCUT2D eigenvalue weighted by atomic mass is 10.1. The second-order valence-electron chi connectivity index (χ2n) is 9.79. The van der Waals surface area contributed by atoms with Crippen LogP contribution >= 0.6 is 0 Å². The number of amides is 1. The summed E-state index contributed by atoms with van der Waals surface area (Å²) in [6.45, 7) is 1.87. The van der Waals surface area contributed by atoms with Crippen molar-refractivity contribution in [3.8, 4) is 34.1 Å². The van der Waals surface area contributed by atoms with E-state index in [4.69, 9.17) is 15.7 Å². The Labute approximate surface area is 241 Å². The zero-order valence-electron chi connectivity index (χ0n) is 22.6. The predicted molar refractivity (Wildman–Crippen MR) is 161 cm³/mol. The van der Waals surface area contributed by atoms with Gasteiger partial charge in [-0.25, -0.2) is 15.0 Å². The first kappa shape index (κ1) is 26.4. The summed E-state index contributed by atoms with van der Waals surface area (Å²) in [4.78, 5) is 38.1. The molecule has 0 saturated heterocycles. The number of aromatic hydroxyl groups is 1. The molecule has 0 radical (unpaired) electrons. The van der Waals surface area contributed by atoms with E-state index >= 15 is 0 Å². The number of nitrogens with two attached hydrogens (primary N) is 1. The molecule has 9 nitrogen and oxygen atoms in total. The van der Waals surface area contributed by atoms with Crippen LogP contribution in [0.1, 0.15) is 39.2 Å². The van der Waals surface area contributed by atoms with E-state index in [-0.39, 0.29) is 28.8 Å². The Bertz CT molecular complexity index is 1930. The minimum absolute atomic E-state index is 0.0568. The second kappa shape index (κ2) is 11.0. The third-order valence-electron chi connectivity index (χ3n) is 7.07. The first-order valence-corrected chi connectivity index (χ1v) is 13.3. The van der Waals surface area contributed by atoms with Gasteiger partial charge in [0, 0.05) is 23.0 Å². The van der Waals surface area contributed by atoms with Crippen LogP contribution in [0.3, 0.4) is 0 Å². The predicted octanol–water partition coefficient (Wildman–Crippen LogP) is 5.74. The number of aromatic nitrogens is 4. The van der Waals surface area contributed by atoms with Crippen molar-refractivity contribution in [2.45, 2.75) is 13.0 Å². The SMILES string of the molecule is C[C@H](NC(=O)c1ccc(O)c(C=O)c1)c1ccc(-n2c(-c3cccnc3N)nc3ccc(-c4ccccc4)nc32)cc1. The Hall–Kier alpha value is -5.83. The quantitative estimate of drug-likeness (QED) is 0.214. The van der Waals surface area contributed by atoms with Crippen LogP contribution in [0.15, 0.2) is 103 Å². The molecule has 3 aromatic carbocycles. The van der Waals surface area contributed by atoms with Crippen LogP contribution in [0.4, 0.5) is 5.82 Å². The summed E-state index contributed by atoms with van der Waals surface area (Å²) in [5.74, 6) is 0.440. The van der Waals surface area contributed by atoms with Crippen molar-refractivity contribution in [2.24, 2.45) is 0 Å². The summed E-state index contributed by atoms with van der Waals surface area (Å²) < 4.78 is 1.96. The van der Waals surface area contributed by atoms with Crippen molar-refractivity contribution in [3.63, 3.8) is 0 Å². The number of imidazole rings is 1. The number of nitrogens with zero attached hydrogens (tertiary/aromatic N) is 4. The summed E-state index contributed by atoms with van der Waals surface area (Å²) in [6.07, 6.45) is 2.15. The highest BCUT2D eigenvalue weighted by atomic mass is 16.3. The lowest BCUT2D eigenvalue weighted by molar-refractivity contribution is 0.0940. The van der Waals surface area contributed by atoms with Gasteiger partial charge in [0.2, 0.25) is 0 Å². The third kappa shape index (κ3) is 4.95. The average Bonchev–Trinajstić information content (AvgIpc) is 3.40. The van der Waals surface area contributed by atoms with E-state index in [0.717, 1.165) is 22.5 Å². The van der Waals surface area contributed by atoms with Crippen molar-refractivity contribution >= 4 is 29.2 Å². The van der Waals surface area contributed by atoms with E-state index in [9.17, 15) is 14.7 Å². The van der Waals surface area contributed by atoms with Crippen LogP contribution in [0.5, 0.6) is 5.75 Å². The van der Waals surface area contributed by atoms with Gasteiger partial charge in [0.15, 0.2) is 17.8 Å². The topological polar surface area (TPSA) is 136 Å². The summed E-state index contributed by atoms with van der Waals surface area (Å²) in [6, 6.07) is 29.1. The van der Waals surface area contributed by atoms with Gasteiger partial charge in [-0.15, -0.1) is 0 Å². The molecule has 0 fully saturated rings. The molecule has 0 spiro atoms. The smallest absolute Gasteiger partial charge is 0.251 e. The molecule has 0 bridgehead atoms. The minimum atomic E-state index is -0.359. The van der Waals surface area contributed by atoms with Crippen LogP contribution in [-0.4, -0.2) is 36.8 Å². The molecule has 9 heteroatoms. The fraction of sp³-hybridized carbons (Fsp3) is 0.0606. The number of phenolic OH excluding ortho intramolecular Hbond substituents is 1. The van der Waals surface area contributed by atoms with E-state index in [0.29, 0.717) is 34.7 Å². The molecule has 3 heterocycles. The van der Waals surface area contributed by atoms with E-state index in [1.165, 1.54) is 18.2 Å². The first-order valence-electron chi connectivity index (χ1n) is 13.3. The molecule has 4 N–H and O–H groups in total. The van der Waals surface area contributed by atoms with Gasteiger partial charge in [0.05, 0.1) is 22.9 Å². The van der Waals surface area contributed by atoms with Crippen molar-refractivity contribution in [1.82, 2.24) is 24.8 Å². The molecule has 3 aromatic heterocycles. The monoisotopic (exact) mass is 554 g/mol. The van der Waals surface area contributed by atoms with Crippen molar-refractivity contribution in [2.75, 3.05) is 5.73 Å². The first-order chi connectivity index (χ1) is 20.4. The number of rotatable bonds is 7. The molecule has 0 aliphatic heterocycles. The molecule has 6 rings (SSSR count). The number of pyridine rings is 2. The average molecular weight is 555 g/mol. The van der Waals surface area contributed by atoms with Crippen LogP contribution in [0, 0.1) is 0 Å². The molecule has 0 aliphatic rings. The van der Waals surface area contributed by atoms with Crippen LogP contribution in [0.2, 0.25) is 0 Å². The molecule has 0 saturated carbocycles. The Balaban J connectivity index is 1.37. The number of aldehydes is 1. The van der Waals surface area contributed by atoms with Gasteiger partial charge >= 0.3 is 0 Å². The summed E-state index contributed by atoms with van der Waals surface area (Å²) in [5.41, 5.74) is 12.1. The Morgan fingerprint density at radius 1 is 0.952 bits per heavy atom. The maximum atomic E-state index is 12.8. The molecular formula is C33H26N6O3. The lowest BCUT2D eigenvalue weighted by Crippen LogP contribution is -2.26. The molecule has 0 aliphatic carbocycles. The Morgan fingerprint density at radius 3 is 2.48 bits per heavy atom. The molecule has 0 unspecified atom stereocenters. The van der Waals surface area contributed by atoms with Crippen LogP contribution in [0.25, 0.3) is 39.5 Å². The fourth-order valence-electron chi connectivity index (χ4n) is 4.82. The Kier molecular flexibility index (Phi) is 6.90. The number of hydrogen-bond donors (Lipinski definition) is 3. The van der Waals surface area contributed by atoms with E-state index in [1.807, 2.05) is 90.4 Å². The number of nitrogen functional groups attached to an aromatic ring is 1. The minimum Gasteiger partial charge on any atom is -0.507 e. The highest BCUT2D eigenvalue weighted by Crippen LogP contribution is 2.32. The maximum Gasteiger partial charge on any atom is 0.251 e. The zero-order chi connectivity index (χ0) is 29.2. The molecule has 42 heavy (non-hydrogen) atoms. The molecule has 6 aromatic rings. The standard InChI is InChI=1S/C33H26N6O3/c1-20(36-33(42)23-11-16-29(41)24(18-23)19-40)21-9-12-25(13-10-21)39-31(26-8-5-17-35-30(26)34)38-28-15-14-27(37-32(28)39)22-6-3-2-4-7-22/h2-20,41H,1H3,(H2,34,35)(H,36,42)/t20-/m0/s1. The third-order valence-corrected chi connectivity index (χ3v) is 7.07. The number of fused-ring (bicyclic) bond motifs is 1. The number of carbonyl (C=O) groups is 2. The van der Waals surface area contributed by atoms with Gasteiger partial charge < -0.3 is 16.2 Å². The number of anilines is 1. The lowest BCUT2D eigenvalue weighted by Gasteiger charge is -2.16. The van der Waals surface area contributed by atoms with Gasteiger partial charge in [-0.1, -0.05) is 42.5 Å².